The number of carbonyl (C=O) groups is 1. The number of halogens is 1. The van der Waals surface area contributed by atoms with Crippen molar-refractivity contribution in [3.05, 3.63) is 88.8 Å². The largest absolute Gasteiger partial charge is 0.459 e. The zero-order valence-electron chi connectivity index (χ0n) is 16.1. The van der Waals surface area contributed by atoms with Crippen molar-refractivity contribution in [1.82, 2.24) is 5.32 Å². The third-order valence-corrected chi connectivity index (χ3v) is 5.16. The number of rotatable bonds is 5. The van der Waals surface area contributed by atoms with Crippen molar-refractivity contribution in [2.45, 2.75) is 6.61 Å². The average Bonchev–Trinajstić information content (AvgIpc) is 3.45. The molecule has 0 unspecified atom stereocenters. The van der Waals surface area contributed by atoms with E-state index < -0.39 is 5.91 Å². The van der Waals surface area contributed by atoms with Crippen LogP contribution in [0.1, 0.15) is 16.3 Å². The van der Waals surface area contributed by atoms with Gasteiger partial charge in [-0.1, -0.05) is 28.1 Å². The monoisotopic (exact) mass is 496 g/mol. The van der Waals surface area contributed by atoms with Gasteiger partial charge in [0.2, 0.25) is 0 Å². The molecule has 2 aromatic carbocycles. The standard InChI is InChI=1S/C23H17BrN2O4S/c24-16-5-1-14(2-6-16)20-11-12-21(30-20)22(28)26-23(31)25-17-7-3-15(4-8-17)19-10-9-18(13-27)29-19/h1-12,27H,13H2,(H2,25,26,28,31). The number of hydrogen-bond donors (Lipinski definition) is 3. The molecular formula is C23H17BrN2O4S. The number of hydrogen-bond acceptors (Lipinski definition) is 5. The second-order valence-electron chi connectivity index (χ2n) is 6.58. The van der Waals surface area contributed by atoms with Crippen molar-refractivity contribution in [3.8, 4) is 22.6 Å². The number of anilines is 1. The van der Waals surface area contributed by atoms with E-state index in [9.17, 15) is 4.79 Å². The molecule has 4 aromatic rings. The molecule has 31 heavy (non-hydrogen) atoms. The van der Waals surface area contributed by atoms with Gasteiger partial charge in [0.15, 0.2) is 10.9 Å². The van der Waals surface area contributed by atoms with E-state index in [2.05, 4.69) is 26.6 Å². The second-order valence-corrected chi connectivity index (χ2v) is 7.90. The highest BCUT2D eigenvalue weighted by atomic mass is 79.9. The number of aliphatic hydroxyl groups excluding tert-OH is 1. The molecule has 0 radical (unpaired) electrons. The van der Waals surface area contributed by atoms with E-state index in [1.165, 1.54) is 0 Å². The molecule has 4 rings (SSSR count). The van der Waals surface area contributed by atoms with Gasteiger partial charge in [0, 0.05) is 21.3 Å². The summed E-state index contributed by atoms with van der Waals surface area (Å²) in [6.07, 6.45) is 0. The van der Waals surface area contributed by atoms with Crippen molar-refractivity contribution in [2.24, 2.45) is 0 Å². The van der Waals surface area contributed by atoms with Crippen LogP contribution in [-0.2, 0) is 6.61 Å². The van der Waals surface area contributed by atoms with Gasteiger partial charge in [0.25, 0.3) is 5.91 Å². The summed E-state index contributed by atoms with van der Waals surface area (Å²) in [5, 5.41) is 14.8. The molecule has 0 atom stereocenters. The van der Waals surface area contributed by atoms with Crippen LogP contribution < -0.4 is 10.6 Å². The molecule has 0 aliphatic rings. The quantitative estimate of drug-likeness (QED) is 0.312. The summed E-state index contributed by atoms with van der Waals surface area (Å²) >= 11 is 8.63. The van der Waals surface area contributed by atoms with E-state index in [0.29, 0.717) is 23.0 Å². The van der Waals surface area contributed by atoms with Gasteiger partial charge < -0.3 is 19.3 Å². The molecule has 0 aliphatic heterocycles. The van der Waals surface area contributed by atoms with Crippen LogP contribution in [-0.4, -0.2) is 16.1 Å². The Balaban J connectivity index is 1.36. The van der Waals surface area contributed by atoms with E-state index in [1.807, 2.05) is 48.5 Å². The van der Waals surface area contributed by atoms with Crippen LogP contribution in [0.2, 0.25) is 0 Å². The van der Waals surface area contributed by atoms with Crippen molar-refractivity contribution in [3.63, 3.8) is 0 Å². The fourth-order valence-electron chi connectivity index (χ4n) is 2.89. The molecule has 2 aromatic heterocycles. The number of thiocarbonyl (C=S) groups is 1. The Kier molecular flexibility index (Phi) is 6.31. The third-order valence-electron chi connectivity index (χ3n) is 4.43. The Bertz CT molecular complexity index is 1210. The maximum absolute atomic E-state index is 12.4. The van der Waals surface area contributed by atoms with Crippen LogP contribution in [0, 0.1) is 0 Å². The van der Waals surface area contributed by atoms with Crippen molar-refractivity contribution < 1.29 is 18.7 Å². The highest BCUT2D eigenvalue weighted by Gasteiger charge is 2.14. The Labute approximate surface area is 192 Å². The summed E-state index contributed by atoms with van der Waals surface area (Å²) in [6, 6.07) is 21.8. The van der Waals surface area contributed by atoms with E-state index in [4.69, 9.17) is 26.2 Å². The fraction of sp³-hybridized carbons (Fsp3) is 0.0435. The van der Waals surface area contributed by atoms with Crippen LogP contribution in [0.5, 0.6) is 0 Å². The first-order chi connectivity index (χ1) is 15.0. The van der Waals surface area contributed by atoms with Crippen LogP contribution in [0.25, 0.3) is 22.6 Å². The van der Waals surface area contributed by atoms with Crippen molar-refractivity contribution in [2.75, 3.05) is 5.32 Å². The molecule has 0 aliphatic carbocycles. The van der Waals surface area contributed by atoms with E-state index >= 15 is 0 Å². The second kappa shape index (κ2) is 9.30. The molecule has 156 valence electrons. The van der Waals surface area contributed by atoms with Gasteiger partial charge >= 0.3 is 0 Å². The van der Waals surface area contributed by atoms with Crippen LogP contribution in [0.3, 0.4) is 0 Å². The van der Waals surface area contributed by atoms with Crippen LogP contribution in [0.4, 0.5) is 5.69 Å². The maximum atomic E-state index is 12.4. The lowest BCUT2D eigenvalue weighted by Gasteiger charge is -2.09. The van der Waals surface area contributed by atoms with E-state index in [-0.39, 0.29) is 17.5 Å². The zero-order valence-corrected chi connectivity index (χ0v) is 18.5. The van der Waals surface area contributed by atoms with Gasteiger partial charge in [0.05, 0.1) is 0 Å². The number of aliphatic hydroxyl groups is 1. The summed E-state index contributed by atoms with van der Waals surface area (Å²) in [6.45, 7) is -0.145. The number of benzene rings is 2. The fourth-order valence-corrected chi connectivity index (χ4v) is 3.37. The molecule has 0 saturated carbocycles. The summed E-state index contributed by atoms with van der Waals surface area (Å²) in [7, 11) is 0. The highest BCUT2D eigenvalue weighted by molar-refractivity contribution is 9.10. The topological polar surface area (TPSA) is 87.6 Å². The lowest BCUT2D eigenvalue weighted by atomic mass is 10.1. The predicted molar refractivity (Wildman–Crippen MR) is 126 cm³/mol. The van der Waals surface area contributed by atoms with Gasteiger partial charge in [0.1, 0.15) is 23.9 Å². The van der Waals surface area contributed by atoms with Gasteiger partial charge in [-0.05, 0) is 72.9 Å². The molecule has 0 bridgehead atoms. The molecule has 2 heterocycles. The van der Waals surface area contributed by atoms with Gasteiger partial charge in [-0.2, -0.15) is 0 Å². The summed E-state index contributed by atoms with van der Waals surface area (Å²) in [5.74, 6) is 1.47. The summed E-state index contributed by atoms with van der Waals surface area (Å²) < 4.78 is 12.1. The number of furan rings is 2. The first-order valence-electron chi connectivity index (χ1n) is 9.30. The Morgan fingerprint density at radius 2 is 1.48 bits per heavy atom. The molecule has 0 fully saturated rings. The Hall–Kier alpha value is -3.20. The molecule has 0 spiro atoms. The smallest absolute Gasteiger partial charge is 0.293 e. The SMILES string of the molecule is O=C(NC(=S)Nc1ccc(-c2ccc(CO)o2)cc1)c1ccc(-c2ccc(Br)cc2)o1. The predicted octanol–water partition coefficient (Wildman–Crippen LogP) is 5.59. The van der Waals surface area contributed by atoms with Crippen molar-refractivity contribution in [1.29, 1.82) is 0 Å². The minimum absolute atomic E-state index is 0.145. The maximum Gasteiger partial charge on any atom is 0.293 e. The molecular weight excluding hydrogens is 480 g/mol. The van der Waals surface area contributed by atoms with Crippen molar-refractivity contribution >= 4 is 44.9 Å². The summed E-state index contributed by atoms with van der Waals surface area (Å²) in [5.41, 5.74) is 2.43. The summed E-state index contributed by atoms with van der Waals surface area (Å²) in [4.78, 5) is 12.4. The van der Waals surface area contributed by atoms with Crippen LogP contribution >= 0.6 is 28.1 Å². The van der Waals surface area contributed by atoms with Gasteiger partial charge in [-0.25, -0.2) is 0 Å². The zero-order chi connectivity index (χ0) is 21.8. The first-order valence-corrected chi connectivity index (χ1v) is 10.5. The van der Waals surface area contributed by atoms with Gasteiger partial charge in [-0.15, -0.1) is 0 Å². The Morgan fingerprint density at radius 1 is 0.871 bits per heavy atom. The van der Waals surface area contributed by atoms with Gasteiger partial charge in [-0.3, -0.25) is 10.1 Å². The molecule has 8 heteroatoms. The molecule has 6 nitrogen and oxygen atoms in total. The molecule has 0 saturated heterocycles. The minimum Gasteiger partial charge on any atom is -0.459 e. The minimum atomic E-state index is -0.440. The highest BCUT2D eigenvalue weighted by Crippen LogP contribution is 2.25. The normalized spacial score (nSPS) is 10.6. The average molecular weight is 497 g/mol. The van der Waals surface area contributed by atoms with Crippen LogP contribution in [0.15, 0.2) is 86.1 Å². The molecule has 1 amide bonds. The Morgan fingerprint density at radius 3 is 2.13 bits per heavy atom. The van der Waals surface area contributed by atoms with E-state index in [0.717, 1.165) is 15.6 Å². The molecule has 3 N–H and O–H groups in total. The third kappa shape index (κ3) is 5.11. The van der Waals surface area contributed by atoms with E-state index in [1.54, 1.807) is 24.3 Å². The number of carbonyl (C=O) groups excluding carboxylic acids is 1. The number of nitrogens with one attached hydrogen (secondary N) is 2. The number of amides is 1. The lowest BCUT2D eigenvalue weighted by Crippen LogP contribution is -2.33. The lowest BCUT2D eigenvalue weighted by molar-refractivity contribution is 0.0951. The first kappa shape index (κ1) is 21.0.